The molecule has 3 N–H and O–H groups in total. The summed E-state index contributed by atoms with van der Waals surface area (Å²) in [5, 5.41) is 4.00. The molecular weight excluding hydrogens is 348 g/mol. The lowest BCUT2D eigenvalue weighted by Gasteiger charge is -2.32. The van der Waals surface area contributed by atoms with E-state index in [9.17, 15) is 0 Å². The van der Waals surface area contributed by atoms with Gasteiger partial charge < -0.3 is 20.7 Å². The molecule has 0 bridgehead atoms. The lowest BCUT2D eigenvalue weighted by atomic mass is 9.99. The molecule has 3 heterocycles. The van der Waals surface area contributed by atoms with Crippen LogP contribution in [0.1, 0.15) is 19.8 Å². The van der Waals surface area contributed by atoms with Crippen molar-refractivity contribution in [3.05, 3.63) is 24.5 Å². The molecule has 0 amide bonds. The number of nitrogen functional groups attached to an aromatic ring is 1. The highest BCUT2D eigenvalue weighted by Gasteiger charge is 2.21. The standard InChI is InChI=1S/C18H22N6OS/c1-11-5-7-24(8-6-11)17-15(19)16(20-10-21-17)23-18-22-13-4-3-12(25-2)9-14(13)26-18/h3-4,9-11H,5-8,19H2,1-2H3,(H,20,21,22,23). The molecule has 4 rings (SSSR count). The fraction of sp³-hybridized carbons (Fsp3) is 0.389. The predicted molar refractivity (Wildman–Crippen MR) is 107 cm³/mol. The van der Waals surface area contributed by atoms with Gasteiger partial charge in [0.15, 0.2) is 16.8 Å². The Bertz CT molecular complexity index is 919. The fourth-order valence-corrected chi connectivity index (χ4v) is 4.04. The maximum absolute atomic E-state index is 6.36. The van der Waals surface area contributed by atoms with Crippen LogP contribution >= 0.6 is 11.3 Å². The van der Waals surface area contributed by atoms with Crippen molar-refractivity contribution in [2.24, 2.45) is 5.92 Å². The van der Waals surface area contributed by atoms with Gasteiger partial charge in [0.2, 0.25) is 0 Å². The Morgan fingerprint density at radius 3 is 2.85 bits per heavy atom. The number of nitrogens with zero attached hydrogens (tertiary/aromatic N) is 4. The number of methoxy groups -OCH3 is 1. The van der Waals surface area contributed by atoms with Gasteiger partial charge in [0.05, 0.1) is 17.3 Å². The third-order valence-corrected chi connectivity index (χ3v) is 5.70. The van der Waals surface area contributed by atoms with Crippen molar-refractivity contribution in [3.8, 4) is 5.75 Å². The van der Waals surface area contributed by atoms with Crippen molar-refractivity contribution in [2.45, 2.75) is 19.8 Å². The summed E-state index contributed by atoms with van der Waals surface area (Å²) in [4.78, 5) is 15.6. The number of hydrogen-bond donors (Lipinski definition) is 2. The number of aromatic nitrogens is 3. The minimum atomic E-state index is 0.568. The van der Waals surface area contributed by atoms with Crippen LogP contribution in [0.2, 0.25) is 0 Å². The predicted octanol–water partition coefficient (Wildman–Crippen LogP) is 3.66. The highest BCUT2D eigenvalue weighted by Crippen LogP contribution is 2.34. The molecule has 26 heavy (non-hydrogen) atoms. The molecule has 0 radical (unpaired) electrons. The third-order valence-electron chi connectivity index (χ3n) is 4.77. The molecule has 1 aliphatic rings. The highest BCUT2D eigenvalue weighted by atomic mass is 32.1. The van der Waals surface area contributed by atoms with Gasteiger partial charge in [-0.05, 0) is 37.0 Å². The third kappa shape index (κ3) is 3.24. The van der Waals surface area contributed by atoms with Crippen LogP contribution in [-0.2, 0) is 0 Å². The smallest absolute Gasteiger partial charge is 0.189 e. The lowest BCUT2D eigenvalue weighted by molar-refractivity contribution is 0.415. The summed E-state index contributed by atoms with van der Waals surface area (Å²) in [6, 6.07) is 5.82. The minimum Gasteiger partial charge on any atom is -0.497 e. The molecule has 1 fully saturated rings. The van der Waals surface area contributed by atoms with E-state index in [0.717, 1.165) is 58.8 Å². The van der Waals surface area contributed by atoms with E-state index in [-0.39, 0.29) is 0 Å². The Kier molecular flexibility index (Phi) is 4.50. The zero-order valence-corrected chi connectivity index (χ0v) is 15.7. The van der Waals surface area contributed by atoms with E-state index in [1.165, 1.54) is 0 Å². The number of thiazole rings is 1. The molecule has 1 saturated heterocycles. The minimum absolute atomic E-state index is 0.568. The summed E-state index contributed by atoms with van der Waals surface area (Å²) in [5.74, 6) is 2.97. The second-order valence-corrected chi connectivity index (χ2v) is 7.64. The van der Waals surface area contributed by atoms with E-state index >= 15 is 0 Å². The van der Waals surface area contributed by atoms with Crippen LogP contribution < -0.4 is 20.7 Å². The van der Waals surface area contributed by atoms with E-state index in [4.69, 9.17) is 10.5 Å². The first-order valence-corrected chi connectivity index (χ1v) is 9.52. The molecule has 0 aliphatic carbocycles. The Morgan fingerprint density at radius 1 is 1.27 bits per heavy atom. The molecule has 7 nitrogen and oxygen atoms in total. The summed E-state index contributed by atoms with van der Waals surface area (Å²) in [7, 11) is 1.66. The molecule has 2 aromatic heterocycles. The Labute approximate surface area is 156 Å². The molecule has 1 aliphatic heterocycles. The van der Waals surface area contributed by atoms with Gasteiger partial charge >= 0.3 is 0 Å². The number of hydrogen-bond acceptors (Lipinski definition) is 8. The van der Waals surface area contributed by atoms with Crippen LogP contribution in [0.3, 0.4) is 0 Å². The van der Waals surface area contributed by atoms with E-state index in [1.54, 1.807) is 24.8 Å². The van der Waals surface area contributed by atoms with Crippen molar-refractivity contribution in [3.63, 3.8) is 0 Å². The molecule has 136 valence electrons. The van der Waals surface area contributed by atoms with Crippen LogP contribution in [-0.4, -0.2) is 35.2 Å². The van der Waals surface area contributed by atoms with Gasteiger partial charge in [-0.1, -0.05) is 18.3 Å². The molecule has 0 atom stereocenters. The van der Waals surface area contributed by atoms with Crippen LogP contribution in [0.25, 0.3) is 10.2 Å². The maximum atomic E-state index is 6.36. The Balaban J connectivity index is 1.59. The largest absolute Gasteiger partial charge is 0.497 e. The summed E-state index contributed by atoms with van der Waals surface area (Å²) < 4.78 is 6.32. The average Bonchev–Trinajstić information content (AvgIpc) is 3.05. The monoisotopic (exact) mass is 370 g/mol. The molecule has 0 spiro atoms. The van der Waals surface area contributed by atoms with Gasteiger partial charge in [-0.15, -0.1) is 0 Å². The normalized spacial score (nSPS) is 15.4. The summed E-state index contributed by atoms with van der Waals surface area (Å²) >= 11 is 1.54. The number of ether oxygens (including phenoxy) is 1. The van der Waals surface area contributed by atoms with Crippen molar-refractivity contribution >= 4 is 44.0 Å². The van der Waals surface area contributed by atoms with Crippen molar-refractivity contribution in [2.75, 3.05) is 36.1 Å². The number of anilines is 4. The topological polar surface area (TPSA) is 89.2 Å². The number of benzene rings is 1. The molecule has 0 unspecified atom stereocenters. The molecule has 0 saturated carbocycles. The Morgan fingerprint density at radius 2 is 2.08 bits per heavy atom. The van der Waals surface area contributed by atoms with Crippen LogP contribution in [0.5, 0.6) is 5.75 Å². The first kappa shape index (κ1) is 16.8. The molecule has 8 heteroatoms. The van der Waals surface area contributed by atoms with Crippen LogP contribution in [0.15, 0.2) is 24.5 Å². The first-order valence-electron chi connectivity index (χ1n) is 8.71. The highest BCUT2D eigenvalue weighted by molar-refractivity contribution is 7.22. The number of piperidine rings is 1. The van der Waals surface area contributed by atoms with Gasteiger partial charge in [-0.25, -0.2) is 15.0 Å². The van der Waals surface area contributed by atoms with Crippen molar-refractivity contribution in [1.29, 1.82) is 0 Å². The van der Waals surface area contributed by atoms with E-state index in [0.29, 0.717) is 11.5 Å². The second-order valence-electron chi connectivity index (χ2n) is 6.61. The van der Waals surface area contributed by atoms with Crippen LogP contribution in [0.4, 0.5) is 22.5 Å². The molecular formula is C18H22N6OS. The van der Waals surface area contributed by atoms with E-state index in [2.05, 4.69) is 32.1 Å². The van der Waals surface area contributed by atoms with Crippen molar-refractivity contribution in [1.82, 2.24) is 15.0 Å². The SMILES string of the molecule is COc1ccc2nc(Nc3ncnc(N4CCC(C)CC4)c3N)sc2c1. The number of nitrogens with one attached hydrogen (secondary N) is 1. The van der Waals surface area contributed by atoms with Crippen molar-refractivity contribution < 1.29 is 4.74 Å². The van der Waals surface area contributed by atoms with Gasteiger partial charge in [0.1, 0.15) is 17.8 Å². The maximum Gasteiger partial charge on any atom is 0.189 e. The fourth-order valence-electron chi connectivity index (χ4n) is 3.14. The summed E-state index contributed by atoms with van der Waals surface area (Å²) in [6.07, 6.45) is 3.88. The summed E-state index contributed by atoms with van der Waals surface area (Å²) in [6.45, 7) is 4.24. The quantitative estimate of drug-likeness (QED) is 0.724. The first-order chi connectivity index (χ1) is 12.6. The zero-order chi connectivity index (χ0) is 18.1. The lowest BCUT2D eigenvalue weighted by Crippen LogP contribution is -2.34. The second kappa shape index (κ2) is 6.95. The number of nitrogens with two attached hydrogens (primary N) is 1. The van der Waals surface area contributed by atoms with E-state index < -0.39 is 0 Å². The van der Waals surface area contributed by atoms with Gasteiger partial charge in [-0.3, -0.25) is 0 Å². The number of rotatable bonds is 4. The number of fused-ring (bicyclic) bond motifs is 1. The van der Waals surface area contributed by atoms with Gasteiger partial charge in [0, 0.05) is 13.1 Å². The zero-order valence-electron chi connectivity index (χ0n) is 14.9. The molecule has 1 aromatic carbocycles. The average molecular weight is 370 g/mol. The summed E-state index contributed by atoms with van der Waals surface area (Å²) in [5.41, 5.74) is 7.85. The molecule has 3 aromatic rings. The van der Waals surface area contributed by atoms with Gasteiger partial charge in [-0.2, -0.15) is 0 Å². The van der Waals surface area contributed by atoms with E-state index in [1.807, 2.05) is 18.2 Å². The van der Waals surface area contributed by atoms with Crippen LogP contribution in [0, 0.1) is 5.92 Å². The Hall–Kier alpha value is -2.61. The van der Waals surface area contributed by atoms with Gasteiger partial charge in [0.25, 0.3) is 0 Å².